The molecule has 0 radical (unpaired) electrons. The van der Waals surface area contributed by atoms with Gasteiger partial charge in [-0.15, -0.1) is 0 Å². The molecule has 1 unspecified atom stereocenters. The third kappa shape index (κ3) is 3.40. The number of hydrogen-bond donors (Lipinski definition) is 2. The van der Waals surface area contributed by atoms with Crippen molar-refractivity contribution in [2.45, 2.75) is 19.1 Å². The van der Waals surface area contributed by atoms with Crippen LogP contribution < -0.4 is 11.3 Å². The largest absolute Gasteiger partial charge is 0.416 e. The fraction of sp³-hybridized carbons (Fsp3) is 0.200. The van der Waals surface area contributed by atoms with E-state index in [0.717, 1.165) is 12.1 Å². The number of nitrogens with two attached hydrogens (primary N) is 1. The van der Waals surface area contributed by atoms with Crippen molar-refractivity contribution in [3.8, 4) is 0 Å². The molecule has 0 aliphatic heterocycles. The molecular weight excluding hydrogens is 284 g/mol. The van der Waals surface area contributed by atoms with Crippen LogP contribution in [0.4, 0.5) is 17.6 Å². The van der Waals surface area contributed by atoms with E-state index in [2.05, 4.69) is 5.43 Å². The zero-order valence-electron chi connectivity index (χ0n) is 11.2. The minimum absolute atomic E-state index is 0.390. The summed E-state index contributed by atoms with van der Waals surface area (Å²) >= 11 is 0. The van der Waals surface area contributed by atoms with E-state index < -0.39 is 23.6 Å². The van der Waals surface area contributed by atoms with E-state index in [9.17, 15) is 17.6 Å². The predicted molar refractivity (Wildman–Crippen MR) is 71.7 cm³/mol. The van der Waals surface area contributed by atoms with E-state index in [1.807, 2.05) is 0 Å². The van der Waals surface area contributed by atoms with Gasteiger partial charge in [-0.1, -0.05) is 18.2 Å². The minimum atomic E-state index is -4.38. The Morgan fingerprint density at radius 3 is 2.14 bits per heavy atom. The Hall–Kier alpha value is -1.92. The van der Waals surface area contributed by atoms with E-state index in [-0.39, 0.29) is 0 Å². The number of rotatable bonds is 3. The lowest BCUT2D eigenvalue weighted by atomic mass is 9.94. The second kappa shape index (κ2) is 5.83. The summed E-state index contributed by atoms with van der Waals surface area (Å²) in [4.78, 5) is 0. The van der Waals surface area contributed by atoms with Gasteiger partial charge < -0.3 is 0 Å². The Labute approximate surface area is 119 Å². The molecule has 0 aliphatic carbocycles. The van der Waals surface area contributed by atoms with Crippen LogP contribution >= 0.6 is 0 Å². The molecule has 0 spiro atoms. The van der Waals surface area contributed by atoms with Crippen molar-refractivity contribution in [1.82, 2.24) is 5.43 Å². The van der Waals surface area contributed by atoms with E-state index in [0.29, 0.717) is 16.7 Å². The molecule has 0 aromatic heterocycles. The number of benzene rings is 2. The molecule has 112 valence electrons. The van der Waals surface area contributed by atoms with Crippen LogP contribution in [-0.4, -0.2) is 0 Å². The standard InChI is InChI=1S/C15H14F4N2/c1-9-8-11(15(17,18)19)4-7-13(9)14(21-20)10-2-5-12(16)6-3-10/h2-8,14,21H,20H2,1H3. The van der Waals surface area contributed by atoms with Crippen molar-refractivity contribution >= 4 is 0 Å². The lowest BCUT2D eigenvalue weighted by molar-refractivity contribution is -0.137. The van der Waals surface area contributed by atoms with Crippen molar-refractivity contribution in [2.75, 3.05) is 0 Å². The monoisotopic (exact) mass is 298 g/mol. The number of aryl methyl sites for hydroxylation is 1. The third-order valence-electron chi connectivity index (χ3n) is 3.28. The average Bonchev–Trinajstić information content (AvgIpc) is 2.42. The highest BCUT2D eigenvalue weighted by molar-refractivity contribution is 5.39. The Balaban J connectivity index is 2.41. The first kappa shape index (κ1) is 15.5. The number of nitrogens with one attached hydrogen (secondary N) is 1. The van der Waals surface area contributed by atoms with Crippen molar-refractivity contribution in [3.05, 3.63) is 70.5 Å². The van der Waals surface area contributed by atoms with Gasteiger partial charge in [0.15, 0.2) is 0 Å². The fourth-order valence-electron chi connectivity index (χ4n) is 2.20. The minimum Gasteiger partial charge on any atom is -0.271 e. The molecule has 0 amide bonds. The first-order chi connectivity index (χ1) is 9.82. The van der Waals surface area contributed by atoms with Crippen molar-refractivity contribution in [3.63, 3.8) is 0 Å². The van der Waals surface area contributed by atoms with E-state index in [1.165, 1.54) is 30.3 Å². The summed E-state index contributed by atoms with van der Waals surface area (Å²) in [6.45, 7) is 1.58. The van der Waals surface area contributed by atoms with Gasteiger partial charge >= 0.3 is 6.18 Å². The Bertz CT molecular complexity index is 621. The molecule has 2 nitrogen and oxygen atoms in total. The maximum atomic E-state index is 12.9. The zero-order valence-corrected chi connectivity index (χ0v) is 11.2. The highest BCUT2D eigenvalue weighted by Crippen LogP contribution is 2.32. The van der Waals surface area contributed by atoms with Crippen LogP contribution in [-0.2, 0) is 6.18 Å². The van der Waals surface area contributed by atoms with Crippen molar-refractivity contribution < 1.29 is 17.6 Å². The van der Waals surface area contributed by atoms with Gasteiger partial charge in [-0.3, -0.25) is 5.84 Å². The van der Waals surface area contributed by atoms with Gasteiger partial charge in [0.1, 0.15) is 5.82 Å². The number of alkyl halides is 3. The van der Waals surface area contributed by atoms with Gasteiger partial charge in [-0.25, -0.2) is 9.82 Å². The SMILES string of the molecule is Cc1cc(C(F)(F)F)ccc1C(NN)c1ccc(F)cc1. The Morgan fingerprint density at radius 1 is 1.05 bits per heavy atom. The second-order valence-electron chi connectivity index (χ2n) is 4.72. The molecule has 2 aromatic rings. The molecule has 0 saturated carbocycles. The zero-order chi connectivity index (χ0) is 15.6. The lowest BCUT2D eigenvalue weighted by Gasteiger charge is -2.20. The highest BCUT2D eigenvalue weighted by atomic mass is 19.4. The maximum absolute atomic E-state index is 12.9. The van der Waals surface area contributed by atoms with Crippen LogP contribution in [0, 0.1) is 12.7 Å². The van der Waals surface area contributed by atoms with E-state index in [4.69, 9.17) is 5.84 Å². The van der Waals surface area contributed by atoms with Crippen LogP contribution in [0.15, 0.2) is 42.5 Å². The smallest absolute Gasteiger partial charge is 0.271 e. The van der Waals surface area contributed by atoms with Gasteiger partial charge in [0.25, 0.3) is 0 Å². The second-order valence-corrected chi connectivity index (χ2v) is 4.72. The van der Waals surface area contributed by atoms with Crippen LogP contribution in [0.3, 0.4) is 0 Å². The van der Waals surface area contributed by atoms with Crippen LogP contribution in [0.25, 0.3) is 0 Å². The normalized spacial score (nSPS) is 13.2. The summed E-state index contributed by atoms with van der Waals surface area (Å²) in [5.74, 6) is 5.11. The predicted octanol–water partition coefficient (Wildman–Crippen LogP) is 3.71. The molecule has 21 heavy (non-hydrogen) atoms. The number of hydrogen-bond acceptors (Lipinski definition) is 2. The first-order valence-electron chi connectivity index (χ1n) is 6.22. The molecule has 0 heterocycles. The van der Waals surface area contributed by atoms with Gasteiger partial charge in [0.2, 0.25) is 0 Å². The molecule has 6 heteroatoms. The topological polar surface area (TPSA) is 38.0 Å². The summed E-state index contributed by atoms with van der Waals surface area (Å²) < 4.78 is 50.9. The molecular formula is C15H14F4N2. The van der Waals surface area contributed by atoms with Crippen LogP contribution in [0.2, 0.25) is 0 Å². The summed E-state index contributed by atoms with van der Waals surface area (Å²) in [7, 11) is 0. The summed E-state index contributed by atoms with van der Waals surface area (Å²) in [6.07, 6.45) is -4.38. The van der Waals surface area contributed by atoms with E-state index >= 15 is 0 Å². The van der Waals surface area contributed by atoms with Crippen LogP contribution in [0.1, 0.15) is 28.3 Å². The van der Waals surface area contributed by atoms with Gasteiger partial charge in [0.05, 0.1) is 11.6 Å². The summed E-state index contributed by atoms with van der Waals surface area (Å²) in [6, 6.07) is 8.59. The highest BCUT2D eigenvalue weighted by Gasteiger charge is 2.31. The Kier molecular flexibility index (Phi) is 4.29. The molecule has 1 atom stereocenters. The number of hydrazine groups is 1. The summed E-state index contributed by atoms with van der Waals surface area (Å²) in [5.41, 5.74) is 3.57. The third-order valence-corrected chi connectivity index (χ3v) is 3.28. The van der Waals surface area contributed by atoms with Gasteiger partial charge in [-0.05, 0) is 47.9 Å². The van der Waals surface area contributed by atoms with Crippen molar-refractivity contribution in [2.24, 2.45) is 5.84 Å². The van der Waals surface area contributed by atoms with Crippen LogP contribution in [0.5, 0.6) is 0 Å². The van der Waals surface area contributed by atoms with Gasteiger partial charge in [-0.2, -0.15) is 13.2 Å². The first-order valence-corrected chi connectivity index (χ1v) is 6.22. The van der Waals surface area contributed by atoms with E-state index in [1.54, 1.807) is 6.92 Å². The molecule has 0 bridgehead atoms. The fourth-order valence-corrected chi connectivity index (χ4v) is 2.20. The summed E-state index contributed by atoms with van der Waals surface area (Å²) in [5, 5.41) is 0. The quantitative estimate of drug-likeness (QED) is 0.515. The number of halogens is 4. The molecule has 2 rings (SSSR count). The molecule has 0 fully saturated rings. The van der Waals surface area contributed by atoms with Crippen molar-refractivity contribution in [1.29, 1.82) is 0 Å². The lowest BCUT2D eigenvalue weighted by Crippen LogP contribution is -2.29. The molecule has 0 aliphatic rings. The average molecular weight is 298 g/mol. The van der Waals surface area contributed by atoms with Gasteiger partial charge in [0, 0.05) is 0 Å². The maximum Gasteiger partial charge on any atom is 0.416 e. The molecule has 0 saturated heterocycles. The Morgan fingerprint density at radius 2 is 1.67 bits per heavy atom. The molecule has 3 N–H and O–H groups in total. The molecule has 2 aromatic carbocycles.